The molecule has 2 heterocycles. The maximum Gasteiger partial charge on any atom is 0.371 e. The Kier molecular flexibility index (Phi) is 4.79. The quantitative estimate of drug-likeness (QED) is 0.757. The van der Waals surface area contributed by atoms with Gasteiger partial charge in [-0.25, -0.2) is 4.79 Å². The summed E-state index contributed by atoms with van der Waals surface area (Å²) >= 11 is 0. The molecule has 1 fully saturated rings. The van der Waals surface area contributed by atoms with E-state index < -0.39 is 5.97 Å². The van der Waals surface area contributed by atoms with Crippen LogP contribution in [0.1, 0.15) is 42.5 Å². The molecule has 0 saturated carbocycles. The molecular weight excluding hydrogens is 260 g/mol. The maximum atomic E-state index is 12.0. The molecule has 0 bridgehead atoms. The number of piperidine rings is 1. The fourth-order valence-corrected chi connectivity index (χ4v) is 2.45. The van der Waals surface area contributed by atoms with Gasteiger partial charge in [-0.15, -0.1) is 0 Å². The lowest BCUT2D eigenvalue weighted by molar-refractivity contribution is -0.124. The van der Waals surface area contributed by atoms with Crippen molar-refractivity contribution in [2.24, 2.45) is 5.92 Å². The summed E-state index contributed by atoms with van der Waals surface area (Å²) in [5.74, 6) is -0.248. The van der Waals surface area contributed by atoms with Crippen molar-refractivity contribution in [3.63, 3.8) is 0 Å². The Bertz CT molecular complexity index is 483. The molecule has 1 saturated heterocycles. The van der Waals surface area contributed by atoms with E-state index in [-0.39, 0.29) is 24.3 Å². The zero-order chi connectivity index (χ0) is 14.5. The van der Waals surface area contributed by atoms with E-state index in [9.17, 15) is 9.59 Å². The highest BCUT2D eigenvalue weighted by molar-refractivity contribution is 5.84. The van der Waals surface area contributed by atoms with E-state index in [1.807, 2.05) is 0 Å². The summed E-state index contributed by atoms with van der Waals surface area (Å²) < 4.78 is 5.09. The predicted octanol–water partition coefficient (Wildman–Crippen LogP) is 1.37. The van der Waals surface area contributed by atoms with Gasteiger partial charge >= 0.3 is 5.97 Å². The standard InChI is InChI=1S/C14H20N2O4/c1-2-9-5-6-15-11(7-9)13(17)16-8-10-3-4-12(20-10)14(18)19/h3-4,9,11,15H,2,5-8H2,1H3,(H,16,17)(H,18,19). The first-order valence-corrected chi connectivity index (χ1v) is 6.93. The third kappa shape index (κ3) is 3.60. The van der Waals surface area contributed by atoms with E-state index in [0.29, 0.717) is 11.7 Å². The minimum absolute atomic E-state index is 0.0589. The van der Waals surface area contributed by atoms with Crippen molar-refractivity contribution >= 4 is 11.9 Å². The van der Waals surface area contributed by atoms with E-state index in [2.05, 4.69) is 17.6 Å². The second-order valence-electron chi connectivity index (χ2n) is 5.09. The van der Waals surface area contributed by atoms with Gasteiger partial charge in [-0.1, -0.05) is 13.3 Å². The number of nitrogens with one attached hydrogen (secondary N) is 2. The fourth-order valence-electron chi connectivity index (χ4n) is 2.45. The van der Waals surface area contributed by atoms with Crippen molar-refractivity contribution in [1.82, 2.24) is 10.6 Å². The number of hydrogen-bond donors (Lipinski definition) is 3. The van der Waals surface area contributed by atoms with E-state index in [4.69, 9.17) is 9.52 Å². The summed E-state index contributed by atoms with van der Waals surface area (Å²) in [6.07, 6.45) is 3.05. The van der Waals surface area contributed by atoms with Crippen molar-refractivity contribution in [2.45, 2.75) is 38.8 Å². The highest BCUT2D eigenvalue weighted by atomic mass is 16.4. The summed E-state index contributed by atoms with van der Waals surface area (Å²) in [5.41, 5.74) is 0. The molecule has 2 rings (SSSR count). The number of carbonyl (C=O) groups excluding carboxylic acids is 1. The van der Waals surface area contributed by atoms with Gasteiger partial charge in [-0.2, -0.15) is 0 Å². The van der Waals surface area contributed by atoms with Crippen molar-refractivity contribution in [3.05, 3.63) is 23.7 Å². The molecule has 1 aliphatic heterocycles. The summed E-state index contributed by atoms with van der Waals surface area (Å²) in [5, 5.41) is 14.7. The van der Waals surface area contributed by atoms with Crippen molar-refractivity contribution in [2.75, 3.05) is 6.54 Å². The normalized spacial score (nSPS) is 22.4. The first-order valence-electron chi connectivity index (χ1n) is 6.93. The van der Waals surface area contributed by atoms with Gasteiger partial charge < -0.3 is 20.2 Å². The largest absolute Gasteiger partial charge is 0.475 e. The second kappa shape index (κ2) is 6.56. The van der Waals surface area contributed by atoms with Crippen LogP contribution in [0.4, 0.5) is 0 Å². The van der Waals surface area contributed by atoms with Crippen LogP contribution in [0.3, 0.4) is 0 Å². The Morgan fingerprint density at radius 2 is 2.30 bits per heavy atom. The van der Waals surface area contributed by atoms with Gasteiger partial charge in [0.25, 0.3) is 0 Å². The van der Waals surface area contributed by atoms with Crippen LogP contribution in [-0.4, -0.2) is 29.6 Å². The van der Waals surface area contributed by atoms with E-state index in [0.717, 1.165) is 25.8 Å². The lowest BCUT2D eigenvalue weighted by atomic mass is 9.90. The fraction of sp³-hybridized carbons (Fsp3) is 0.571. The zero-order valence-electron chi connectivity index (χ0n) is 11.5. The summed E-state index contributed by atoms with van der Waals surface area (Å²) in [7, 11) is 0. The number of furan rings is 1. The van der Waals surface area contributed by atoms with Gasteiger partial charge in [0.15, 0.2) is 0 Å². The molecule has 20 heavy (non-hydrogen) atoms. The Morgan fingerprint density at radius 1 is 1.50 bits per heavy atom. The van der Waals surface area contributed by atoms with Crippen LogP contribution in [0.5, 0.6) is 0 Å². The average Bonchev–Trinajstić information content (AvgIpc) is 2.94. The third-order valence-electron chi connectivity index (χ3n) is 3.72. The van der Waals surface area contributed by atoms with Crippen molar-refractivity contribution < 1.29 is 19.1 Å². The molecule has 6 heteroatoms. The molecule has 3 N–H and O–H groups in total. The molecule has 0 radical (unpaired) electrons. The Balaban J connectivity index is 1.83. The topological polar surface area (TPSA) is 91.6 Å². The first-order chi connectivity index (χ1) is 9.60. The zero-order valence-corrected chi connectivity index (χ0v) is 11.5. The Morgan fingerprint density at radius 3 is 2.95 bits per heavy atom. The molecule has 0 spiro atoms. The molecule has 1 aromatic rings. The number of carboxylic acid groups (broad SMARTS) is 1. The van der Waals surface area contributed by atoms with Crippen molar-refractivity contribution in [1.29, 1.82) is 0 Å². The number of amides is 1. The van der Waals surface area contributed by atoms with E-state index >= 15 is 0 Å². The smallest absolute Gasteiger partial charge is 0.371 e. The molecule has 2 atom stereocenters. The third-order valence-corrected chi connectivity index (χ3v) is 3.72. The van der Waals surface area contributed by atoms with Crippen LogP contribution in [0.25, 0.3) is 0 Å². The van der Waals surface area contributed by atoms with Crippen LogP contribution in [0.2, 0.25) is 0 Å². The lowest BCUT2D eigenvalue weighted by Crippen LogP contribution is -2.48. The van der Waals surface area contributed by atoms with Gasteiger partial charge in [0.2, 0.25) is 11.7 Å². The molecule has 0 aromatic carbocycles. The summed E-state index contributed by atoms with van der Waals surface area (Å²) in [4.78, 5) is 22.7. The highest BCUT2D eigenvalue weighted by Gasteiger charge is 2.25. The minimum Gasteiger partial charge on any atom is -0.475 e. The van der Waals surface area contributed by atoms with Crippen molar-refractivity contribution in [3.8, 4) is 0 Å². The Labute approximate surface area is 117 Å². The first kappa shape index (κ1) is 14.6. The molecule has 6 nitrogen and oxygen atoms in total. The summed E-state index contributed by atoms with van der Waals surface area (Å²) in [6, 6.07) is 2.78. The van der Waals surface area contributed by atoms with Crippen LogP contribution in [-0.2, 0) is 11.3 Å². The second-order valence-corrected chi connectivity index (χ2v) is 5.09. The maximum absolute atomic E-state index is 12.0. The number of carboxylic acids is 1. The van der Waals surface area contributed by atoms with Gasteiger partial charge in [-0.05, 0) is 37.4 Å². The minimum atomic E-state index is -1.11. The van der Waals surface area contributed by atoms with Gasteiger partial charge in [0.1, 0.15) is 5.76 Å². The van der Waals surface area contributed by atoms with Gasteiger partial charge in [-0.3, -0.25) is 4.79 Å². The molecule has 1 amide bonds. The van der Waals surface area contributed by atoms with Crippen LogP contribution in [0.15, 0.2) is 16.5 Å². The number of carbonyl (C=O) groups is 2. The van der Waals surface area contributed by atoms with Crippen LogP contribution < -0.4 is 10.6 Å². The SMILES string of the molecule is CCC1CCNC(C(=O)NCc2ccc(C(=O)O)o2)C1. The van der Waals surface area contributed by atoms with E-state index in [1.165, 1.54) is 6.07 Å². The lowest BCUT2D eigenvalue weighted by Gasteiger charge is -2.28. The Hall–Kier alpha value is -1.82. The van der Waals surface area contributed by atoms with Gasteiger partial charge in [0.05, 0.1) is 12.6 Å². The molecule has 0 aliphatic carbocycles. The molecule has 110 valence electrons. The summed E-state index contributed by atoms with van der Waals surface area (Å²) in [6.45, 7) is 3.21. The van der Waals surface area contributed by atoms with Crippen LogP contribution >= 0.6 is 0 Å². The van der Waals surface area contributed by atoms with Gasteiger partial charge in [0, 0.05) is 0 Å². The van der Waals surface area contributed by atoms with E-state index in [1.54, 1.807) is 6.07 Å². The number of aromatic carboxylic acids is 1. The average molecular weight is 280 g/mol. The molecule has 2 unspecified atom stereocenters. The highest BCUT2D eigenvalue weighted by Crippen LogP contribution is 2.19. The monoisotopic (exact) mass is 280 g/mol. The molecule has 1 aromatic heterocycles. The number of rotatable bonds is 5. The predicted molar refractivity (Wildman–Crippen MR) is 72.3 cm³/mol. The van der Waals surface area contributed by atoms with Crippen LogP contribution in [0, 0.1) is 5.92 Å². The number of hydrogen-bond acceptors (Lipinski definition) is 4. The molecular formula is C14H20N2O4. The molecule has 1 aliphatic rings.